The molecule has 0 spiro atoms. The predicted octanol–water partition coefficient (Wildman–Crippen LogP) is 2.32. The first-order valence-electron chi connectivity index (χ1n) is 8.45. The Kier molecular flexibility index (Phi) is 6.70. The summed E-state index contributed by atoms with van der Waals surface area (Å²) in [4.78, 5) is 0.000804. The molecule has 0 unspecified atom stereocenters. The number of methoxy groups -OCH3 is 1. The molecule has 0 saturated heterocycles. The predicted molar refractivity (Wildman–Crippen MR) is 97.8 cm³/mol. The van der Waals surface area contributed by atoms with E-state index >= 15 is 0 Å². The summed E-state index contributed by atoms with van der Waals surface area (Å²) in [5.74, 6) is 0.623. The maximum atomic E-state index is 12.5. The van der Waals surface area contributed by atoms with E-state index in [-0.39, 0.29) is 22.1 Å². The van der Waals surface area contributed by atoms with Crippen molar-refractivity contribution in [3.63, 3.8) is 0 Å². The molecule has 0 aromatic heterocycles. The number of ether oxygens (including phenoxy) is 1. The highest BCUT2D eigenvalue weighted by atomic mass is 32.2. The van der Waals surface area contributed by atoms with Crippen molar-refractivity contribution in [2.75, 3.05) is 24.1 Å². The van der Waals surface area contributed by atoms with E-state index in [0.29, 0.717) is 12.5 Å². The van der Waals surface area contributed by atoms with Crippen LogP contribution in [0.5, 0.6) is 5.75 Å². The molecule has 9 heteroatoms. The Bertz CT molecular complexity index is 785. The molecule has 0 radical (unpaired) electrons. The largest absolute Gasteiger partial charge is 0.495 e. The molecule has 25 heavy (non-hydrogen) atoms. The molecule has 1 aliphatic rings. The fourth-order valence-corrected chi connectivity index (χ4v) is 4.81. The van der Waals surface area contributed by atoms with Crippen LogP contribution in [0.1, 0.15) is 39.0 Å². The molecule has 1 aliphatic carbocycles. The summed E-state index contributed by atoms with van der Waals surface area (Å²) in [6, 6.07) is 4.14. The SMILES string of the molecule is CCS(=O)(=O)Nc1ccc(S(=O)(=O)NCCC2CCCC2)c(OC)c1. The van der Waals surface area contributed by atoms with Gasteiger partial charge in [0.15, 0.2) is 0 Å². The van der Waals surface area contributed by atoms with E-state index in [1.165, 1.54) is 45.1 Å². The van der Waals surface area contributed by atoms with Crippen LogP contribution in [0.15, 0.2) is 23.1 Å². The van der Waals surface area contributed by atoms with Crippen LogP contribution in [0.4, 0.5) is 5.69 Å². The zero-order valence-corrected chi connectivity index (χ0v) is 16.2. The lowest BCUT2D eigenvalue weighted by Gasteiger charge is -2.14. The zero-order chi connectivity index (χ0) is 18.5. The van der Waals surface area contributed by atoms with Gasteiger partial charge in [-0.25, -0.2) is 21.6 Å². The lowest BCUT2D eigenvalue weighted by molar-refractivity contribution is 0.402. The van der Waals surface area contributed by atoms with Gasteiger partial charge in [0.05, 0.1) is 18.6 Å². The molecule has 0 heterocycles. The Labute approximate surface area is 150 Å². The second kappa shape index (κ2) is 8.37. The van der Waals surface area contributed by atoms with Crippen LogP contribution in [-0.2, 0) is 20.0 Å². The molecular weight excluding hydrogens is 364 g/mol. The number of hydrogen-bond donors (Lipinski definition) is 2. The van der Waals surface area contributed by atoms with Crippen molar-refractivity contribution in [2.45, 2.75) is 43.9 Å². The number of hydrogen-bond acceptors (Lipinski definition) is 5. The van der Waals surface area contributed by atoms with Crippen molar-refractivity contribution in [1.82, 2.24) is 4.72 Å². The fourth-order valence-electron chi connectivity index (χ4n) is 2.98. The Morgan fingerprint density at radius 2 is 1.84 bits per heavy atom. The number of anilines is 1. The highest BCUT2D eigenvalue weighted by molar-refractivity contribution is 7.92. The lowest BCUT2D eigenvalue weighted by atomic mass is 10.1. The molecule has 1 saturated carbocycles. The molecule has 2 rings (SSSR count). The average molecular weight is 391 g/mol. The maximum Gasteiger partial charge on any atom is 0.244 e. The Balaban J connectivity index is 2.10. The van der Waals surface area contributed by atoms with Crippen LogP contribution in [0.2, 0.25) is 0 Å². The van der Waals surface area contributed by atoms with E-state index in [1.807, 2.05) is 0 Å². The number of benzene rings is 1. The number of sulfonamides is 2. The Morgan fingerprint density at radius 1 is 1.16 bits per heavy atom. The molecular formula is C16H26N2O5S2. The third kappa shape index (κ3) is 5.58. The quantitative estimate of drug-likeness (QED) is 0.674. The second-order valence-corrected chi connectivity index (χ2v) is 9.95. The molecule has 142 valence electrons. The van der Waals surface area contributed by atoms with Crippen LogP contribution < -0.4 is 14.2 Å². The molecule has 0 aliphatic heterocycles. The van der Waals surface area contributed by atoms with Gasteiger partial charge in [0.25, 0.3) is 0 Å². The van der Waals surface area contributed by atoms with Gasteiger partial charge in [0, 0.05) is 12.6 Å². The van der Waals surface area contributed by atoms with Crippen LogP contribution in [0.25, 0.3) is 0 Å². The number of nitrogens with one attached hydrogen (secondary N) is 2. The minimum Gasteiger partial charge on any atom is -0.495 e. The molecule has 0 amide bonds. The van der Waals surface area contributed by atoms with E-state index in [2.05, 4.69) is 9.44 Å². The van der Waals surface area contributed by atoms with Gasteiger partial charge in [0.2, 0.25) is 20.0 Å². The highest BCUT2D eigenvalue weighted by Crippen LogP contribution is 2.29. The summed E-state index contributed by atoms with van der Waals surface area (Å²) in [6.07, 6.45) is 5.60. The van der Waals surface area contributed by atoms with Gasteiger partial charge in [-0.2, -0.15) is 0 Å². The van der Waals surface area contributed by atoms with E-state index in [9.17, 15) is 16.8 Å². The van der Waals surface area contributed by atoms with Crippen molar-refractivity contribution in [2.24, 2.45) is 5.92 Å². The summed E-state index contributed by atoms with van der Waals surface area (Å²) in [7, 11) is -5.80. The van der Waals surface area contributed by atoms with Crippen LogP contribution in [0, 0.1) is 5.92 Å². The van der Waals surface area contributed by atoms with Crippen molar-refractivity contribution in [3.05, 3.63) is 18.2 Å². The minimum atomic E-state index is -3.71. The fraction of sp³-hybridized carbons (Fsp3) is 0.625. The summed E-state index contributed by atoms with van der Waals surface area (Å²) in [5.41, 5.74) is 0.267. The topological polar surface area (TPSA) is 102 Å². The van der Waals surface area contributed by atoms with Crippen molar-refractivity contribution >= 4 is 25.7 Å². The normalized spacial score (nSPS) is 16.1. The van der Waals surface area contributed by atoms with Gasteiger partial charge in [-0.15, -0.1) is 0 Å². The van der Waals surface area contributed by atoms with E-state index in [4.69, 9.17) is 4.74 Å². The first-order chi connectivity index (χ1) is 11.8. The van der Waals surface area contributed by atoms with Gasteiger partial charge < -0.3 is 4.74 Å². The third-order valence-electron chi connectivity index (χ3n) is 4.43. The van der Waals surface area contributed by atoms with E-state index < -0.39 is 20.0 Å². The highest BCUT2D eigenvalue weighted by Gasteiger charge is 2.21. The number of rotatable bonds is 9. The lowest BCUT2D eigenvalue weighted by Crippen LogP contribution is -2.26. The molecule has 2 N–H and O–H groups in total. The molecule has 0 atom stereocenters. The minimum absolute atomic E-state index is 0.000804. The molecule has 1 aromatic rings. The van der Waals surface area contributed by atoms with Crippen LogP contribution in [-0.4, -0.2) is 36.2 Å². The van der Waals surface area contributed by atoms with Crippen LogP contribution in [0.3, 0.4) is 0 Å². The Morgan fingerprint density at radius 3 is 2.44 bits per heavy atom. The summed E-state index contributed by atoms with van der Waals surface area (Å²) < 4.78 is 58.4. The first-order valence-corrected chi connectivity index (χ1v) is 11.6. The molecule has 1 fully saturated rings. The molecule has 0 bridgehead atoms. The monoisotopic (exact) mass is 390 g/mol. The van der Waals surface area contributed by atoms with Gasteiger partial charge in [-0.05, 0) is 31.4 Å². The summed E-state index contributed by atoms with van der Waals surface area (Å²) >= 11 is 0. The maximum absolute atomic E-state index is 12.5. The van der Waals surface area contributed by atoms with Crippen molar-refractivity contribution in [3.8, 4) is 5.75 Å². The summed E-state index contributed by atoms with van der Waals surface area (Å²) in [6.45, 7) is 1.91. The average Bonchev–Trinajstić information content (AvgIpc) is 3.07. The smallest absolute Gasteiger partial charge is 0.244 e. The first kappa shape index (κ1) is 20.0. The van der Waals surface area contributed by atoms with E-state index in [1.54, 1.807) is 0 Å². The van der Waals surface area contributed by atoms with Gasteiger partial charge in [-0.3, -0.25) is 4.72 Å². The molecule has 1 aromatic carbocycles. The standard InChI is InChI=1S/C16H26N2O5S2/c1-3-24(19,20)18-14-8-9-16(15(12-14)23-2)25(21,22)17-11-10-13-6-4-5-7-13/h8-9,12-13,17-18H,3-7,10-11H2,1-2H3. The van der Waals surface area contributed by atoms with Crippen LogP contribution >= 0.6 is 0 Å². The summed E-state index contributed by atoms with van der Waals surface area (Å²) in [5, 5.41) is 0. The zero-order valence-electron chi connectivity index (χ0n) is 14.6. The van der Waals surface area contributed by atoms with Crippen molar-refractivity contribution in [1.29, 1.82) is 0 Å². The van der Waals surface area contributed by atoms with Gasteiger partial charge in [-0.1, -0.05) is 25.7 Å². The van der Waals surface area contributed by atoms with Gasteiger partial charge in [0.1, 0.15) is 10.6 Å². The van der Waals surface area contributed by atoms with E-state index in [0.717, 1.165) is 19.3 Å². The second-order valence-electron chi connectivity index (χ2n) is 6.21. The third-order valence-corrected chi connectivity index (χ3v) is 7.23. The molecule has 7 nitrogen and oxygen atoms in total. The van der Waals surface area contributed by atoms with Crippen molar-refractivity contribution < 1.29 is 21.6 Å². The van der Waals surface area contributed by atoms with Gasteiger partial charge >= 0.3 is 0 Å². The Hall–Kier alpha value is -1.32.